The van der Waals surface area contributed by atoms with Crippen LogP contribution in [-0.2, 0) is 0 Å². The average Bonchev–Trinajstić information content (AvgIpc) is 2.48. The largest absolute Gasteiger partial charge is 0.308 e. The van der Waals surface area contributed by atoms with Gasteiger partial charge in [0.1, 0.15) is 0 Å². The van der Waals surface area contributed by atoms with Crippen LogP contribution in [0, 0.1) is 0 Å². The predicted molar refractivity (Wildman–Crippen MR) is 88.2 cm³/mol. The second kappa shape index (κ2) is 7.26. The van der Waals surface area contributed by atoms with Crippen molar-refractivity contribution in [2.75, 3.05) is 19.6 Å². The molecular formula is C18H36N2. The highest BCUT2D eigenvalue weighted by molar-refractivity contribution is 5.04. The van der Waals surface area contributed by atoms with Crippen molar-refractivity contribution in [1.82, 2.24) is 10.2 Å². The van der Waals surface area contributed by atoms with Crippen LogP contribution in [0.15, 0.2) is 0 Å². The molecule has 0 radical (unpaired) electrons. The van der Waals surface area contributed by atoms with Crippen molar-refractivity contribution in [3.8, 4) is 0 Å². The van der Waals surface area contributed by atoms with Gasteiger partial charge in [-0.3, -0.25) is 4.90 Å². The van der Waals surface area contributed by atoms with Gasteiger partial charge in [-0.05, 0) is 39.2 Å². The summed E-state index contributed by atoms with van der Waals surface area (Å²) in [4.78, 5) is 2.84. The minimum atomic E-state index is 0.384. The van der Waals surface area contributed by atoms with Crippen LogP contribution >= 0.6 is 0 Å². The predicted octanol–water partition coefficient (Wildman–Crippen LogP) is 4.34. The highest BCUT2D eigenvalue weighted by Crippen LogP contribution is 2.35. The van der Waals surface area contributed by atoms with Crippen molar-refractivity contribution in [1.29, 1.82) is 0 Å². The fourth-order valence-electron chi connectivity index (χ4n) is 4.09. The zero-order valence-electron chi connectivity index (χ0n) is 14.1. The Kier molecular flexibility index (Phi) is 5.92. The maximum Gasteiger partial charge on any atom is 0.0309 e. The van der Waals surface area contributed by atoms with Crippen LogP contribution in [0.5, 0.6) is 0 Å². The SMILES string of the molecule is CCCCCCN1CC2(CCCCC2)NCC1(C)CC. The summed E-state index contributed by atoms with van der Waals surface area (Å²) in [5.74, 6) is 0. The lowest BCUT2D eigenvalue weighted by Gasteiger charge is -2.54. The third-order valence-electron chi connectivity index (χ3n) is 5.96. The Morgan fingerprint density at radius 2 is 1.75 bits per heavy atom. The highest BCUT2D eigenvalue weighted by Gasteiger charge is 2.43. The van der Waals surface area contributed by atoms with E-state index in [1.807, 2.05) is 0 Å². The van der Waals surface area contributed by atoms with Crippen LogP contribution in [0.1, 0.15) is 85.0 Å². The number of hydrogen-bond acceptors (Lipinski definition) is 2. The molecule has 1 N–H and O–H groups in total. The summed E-state index contributed by atoms with van der Waals surface area (Å²) in [6.07, 6.45) is 13.9. The van der Waals surface area contributed by atoms with E-state index in [0.717, 1.165) is 0 Å². The van der Waals surface area contributed by atoms with Crippen molar-refractivity contribution in [3.05, 3.63) is 0 Å². The Morgan fingerprint density at radius 3 is 2.40 bits per heavy atom. The normalized spacial score (nSPS) is 30.8. The van der Waals surface area contributed by atoms with E-state index in [9.17, 15) is 0 Å². The Hall–Kier alpha value is -0.0800. The molecule has 1 unspecified atom stereocenters. The molecule has 0 bridgehead atoms. The van der Waals surface area contributed by atoms with Crippen LogP contribution in [0.2, 0.25) is 0 Å². The zero-order chi connectivity index (χ0) is 14.5. The molecule has 0 aromatic carbocycles. The van der Waals surface area contributed by atoms with E-state index in [-0.39, 0.29) is 0 Å². The molecule has 2 heteroatoms. The third-order valence-corrected chi connectivity index (χ3v) is 5.96. The first-order valence-corrected chi connectivity index (χ1v) is 9.14. The molecule has 1 aliphatic heterocycles. The molecule has 1 saturated heterocycles. The number of rotatable bonds is 6. The summed E-state index contributed by atoms with van der Waals surface area (Å²) in [7, 11) is 0. The summed E-state index contributed by atoms with van der Waals surface area (Å²) >= 11 is 0. The molecule has 1 aliphatic carbocycles. The fraction of sp³-hybridized carbons (Fsp3) is 1.00. The molecule has 2 aliphatic rings. The van der Waals surface area contributed by atoms with E-state index in [1.165, 1.54) is 83.8 Å². The van der Waals surface area contributed by atoms with Crippen LogP contribution in [0.4, 0.5) is 0 Å². The van der Waals surface area contributed by atoms with Crippen LogP contribution in [0.25, 0.3) is 0 Å². The molecule has 2 fully saturated rings. The standard InChI is InChI=1S/C18H36N2/c1-4-6-7-11-14-20-16-18(12-9-8-10-13-18)19-15-17(20,3)5-2/h19H,4-16H2,1-3H3. The summed E-state index contributed by atoms with van der Waals surface area (Å²) in [6.45, 7) is 10.9. The quantitative estimate of drug-likeness (QED) is 0.728. The molecule has 1 spiro atoms. The smallest absolute Gasteiger partial charge is 0.0309 e. The minimum absolute atomic E-state index is 0.384. The van der Waals surface area contributed by atoms with Gasteiger partial charge in [0.25, 0.3) is 0 Å². The Morgan fingerprint density at radius 1 is 1.00 bits per heavy atom. The average molecular weight is 280 g/mol. The first-order valence-electron chi connectivity index (χ1n) is 9.14. The van der Waals surface area contributed by atoms with E-state index < -0.39 is 0 Å². The molecule has 1 atom stereocenters. The van der Waals surface area contributed by atoms with Crippen molar-refractivity contribution in [2.45, 2.75) is 96.1 Å². The van der Waals surface area contributed by atoms with Gasteiger partial charge in [-0.1, -0.05) is 52.4 Å². The number of nitrogens with one attached hydrogen (secondary N) is 1. The number of nitrogens with zero attached hydrogens (tertiary/aromatic N) is 1. The molecule has 0 aromatic rings. The highest BCUT2D eigenvalue weighted by atomic mass is 15.3. The third kappa shape index (κ3) is 3.76. The van der Waals surface area contributed by atoms with Crippen molar-refractivity contribution in [2.24, 2.45) is 0 Å². The minimum Gasteiger partial charge on any atom is -0.308 e. The van der Waals surface area contributed by atoms with Crippen molar-refractivity contribution in [3.63, 3.8) is 0 Å². The van der Waals surface area contributed by atoms with Crippen molar-refractivity contribution < 1.29 is 0 Å². The maximum atomic E-state index is 3.97. The van der Waals surface area contributed by atoms with Crippen LogP contribution in [-0.4, -0.2) is 35.6 Å². The lowest BCUT2D eigenvalue weighted by molar-refractivity contribution is -0.00239. The summed E-state index contributed by atoms with van der Waals surface area (Å²) in [5.41, 5.74) is 0.840. The fourth-order valence-corrected chi connectivity index (χ4v) is 4.09. The van der Waals surface area contributed by atoms with Gasteiger partial charge in [-0.2, -0.15) is 0 Å². The first kappa shape index (κ1) is 16.3. The van der Waals surface area contributed by atoms with E-state index >= 15 is 0 Å². The van der Waals surface area contributed by atoms with Gasteiger partial charge in [-0.25, -0.2) is 0 Å². The molecule has 2 rings (SSSR count). The number of unbranched alkanes of at least 4 members (excludes halogenated alkanes) is 3. The second-order valence-electron chi connectivity index (χ2n) is 7.53. The van der Waals surface area contributed by atoms with Crippen LogP contribution < -0.4 is 5.32 Å². The van der Waals surface area contributed by atoms with E-state index in [2.05, 4.69) is 31.0 Å². The molecule has 1 saturated carbocycles. The maximum absolute atomic E-state index is 3.97. The molecule has 2 nitrogen and oxygen atoms in total. The zero-order valence-corrected chi connectivity index (χ0v) is 14.1. The van der Waals surface area contributed by atoms with E-state index in [0.29, 0.717) is 11.1 Å². The van der Waals surface area contributed by atoms with E-state index in [4.69, 9.17) is 0 Å². The summed E-state index contributed by atoms with van der Waals surface area (Å²) in [6, 6.07) is 0. The van der Waals surface area contributed by atoms with Gasteiger partial charge in [0.05, 0.1) is 0 Å². The molecule has 20 heavy (non-hydrogen) atoms. The second-order valence-corrected chi connectivity index (χ2v) is 7.53. The van der Waals surface area contributed by atoms with Crippen molar-refractivity contribution >= 4 is 0 Å². The van der Waals surface area contributed by atoms with E-state index in [1.54, 1.807) is 0 Å². The molecule has 0 aromatic heterocycles. The molecular weight excluding hydrogens is 244 g/mol. The topological polar surface area (TPSA) is 15.3 Å². The van der Waals surface area contributed by atoms with Gasteiger partial charge in [0, 0.05) is 24.2 Å². The lowest BCUT2D eigenvalue weighted by Crippen LogP contribution is -2.69. The molecule has 0 amide bonds. The Balaban J connectivity index is 1.94. The Labute approximate surface area is 126 Å². The lowest BCUT2D eigenvalue weighted by atomic mass is 9.77. The van der Waals surface area contributed by atoms with Gasteiger partial charge in [0.2, 0.25) is 0 Å². The Bertz CT molecular complexity index is 283. The summed E-state index contributed by atoms with van der Waals surface area (Å²) in [5, 5.41) is 3.97. The van der Waals surface area contributed by atoms with Gasteiger partial charge in [-0.15, -0.1) is 0 Å². The van der Waals surface area contributed by atoms with Gasteiger partial charge >= 0.3 is 0 Å². The molecule has 118 valence electrons. The summed E-state index contributed by atoms with van der Waals surface area (Å²) < 4.78 is 0. The monoisotopic (exact) mass is 280 g/mol. The number of piperazine rings is 1. The van der Waals surface area contributed by atoms with Gasteiger partial charge < -0.3 is 5.32 Å². The number of hydrogen-bond donors (Lipinski definition) is 1. The van der Waals surface area contributed by atoms with Crippen LogP contribution in [0.3, 0.4) is 0 Å². The molecule has 1 heterocycles. The first-order chi connectivity index (χ1) is 9.64. The van der Waals surface area contributed by atoms with Gasteiger partial charge in [0.15, 0.2) is 0 Å².